The predicted molar refractivity (Wildman–Crippen MR) is 107 cm³/mol. The van der Waals surface area contributed by atoms with E-state index >= 15 is 4.39 Å². The van der Waals surface area contributed by atoms with Crippen LogP contribution in [0.25, 0.3) is 10.9 Å². The lowest BCUT2D eigenvalue weighted by atomic mass is 9.91. The number of aromatic carboxylic acids is 1. The van der Waals surface area contributed by atoms with E-state index in [0.29, 0.717) is 39.1 Å². The summed E-state index contributed by atoms with van der Waals surface area (Å²) in [5, 5.41) is 9.17. The molecular weight excluding hydrogens is 412 g/mol. The van der Waals surface area contributed by atoms with E-state index < -0.39 is 34.7 Å². The first-order valence-corrected chi connectivity index (χ1v) is 10.4. The molecule has 1 aromatic heterocycles. The fraction of sp³-hybridized carbons (Fsp3) is 0.524. The Hall–Kier alpha value is -2.72. The first kappa shape index (κ1) is 20.2. The number of pyridine rings is 1. The number of ether oxygens (including phenoxy) is 1. The molecule has 2 saturated heterocycles. The molecule has 8 nitrogen and oxygen atoms in total. The van der Waals surface area contributed by atoms with Crippen LogP contribution < -0.4 is 20.9 Å². The van der Waals surface area contributed by atoms with Crippen molar-refractivity contribution in [1.29, 1.82) is 0 Å². The second kappa shape index (κ2) is 7.16. The number of fused-ring (bicyclic) bond motifs is 2. The number of nitrogens with zero attached hydrogens (tertiary/aromatic N) is 2. The van der Waals surface area contributed by atoms with Gasteiger partial charge in [0.15, 0.2) is 0 Å². The number of carboxylic acids is 1. The molecule has 3 fully saturated rings. The summed E-state index contributed by atoms with van der Waals surface area (Å²) in [7, 11) is 0. The van der Waals surface area contributed by atoms with Crippen molar-refractivity contribution in [3.8, 4) is 0 Å². The van der Waals surface area contributed by atoms with Gasteiger partial charge < -0.3 is 25.3 Å². The van der Waals surface area contributed by atoms with Crippen molar-refractivity contribution < 1.29 is 28.3 Å². The number of hydrogen-bond donors (Lipinski definition) is 2. The molecule has 3 aliphatic rings. The molecule has 0 amide bonds. The zero-order chi connectivity index (χ0) is 21.9. The van der Waals surface area contributed by atoms with Gasteiger partial charge in [-0.3, -0.25) is 4.79 Å². The third kappa shape index (κ3) is 3.25. The van der Waals surface area contributed by atoms with Gasteiger partial charge in [0.25, 0.3) is 6.36 Å². The second-order valence-electron chi connectivity index (χ2n) is 8.60. The Morgan fingerprint density at radius 1 is 1.39 bits per heavy atom. The molecule has 5 rings (SSSR count). The Morgan fingerprint density at radius 3 is 2.81 bits per heavy atom. The maximum Gasteiger partial charge on any atom is 0.341 e. The summed E-state index contributed by atoms with van der Waals surface area (Å²) in [6.07, 6.45) is 1.46. The van der Waals surface area contributed by atoms with Crippen molar-refractivity contribution in [2.45, 2.75) is 31.2 Å². The molecule has 10 heteroatoms. The van der Waals surface area contributed by atoms with Gasteiger partial charge in [0, 0.05) is 38.1 Å². The van der Waals surface area contributed by atoms with Crippen LogP contribution in [-0.2, 0) is 4.74 Å². The standard InChI is InChI=1S/C21H23F2N3O5/c22-15-5-13-16(6-17(15)25-7-12-3-4-30-21(12,9-24)10-25)26(31-19(23)11-1-2-11)8-14(18(13)27)20(28)29/h5-6,8,11-12,19H,1-4,7,9-10,24H2,(H,28,29)/t12-,19?,21?/m1/s1. The maximum atomic E-state index is 15.1. The lowest BCUT2D eigenvalue weighted by molar-refractivity contribution is -0.0564. The van der Waals surface area contributed by atoms with Crippen LogP contribution >= 0.6 is 0 Å². The Kier molecular flexibility index (Phi) is 4.67. The number of anilines is 1. The Labute approximate surface area is 176 Å². The molecule has 3 N–H and O–H groups in total. The van der Waals surface area contributed by atoms with E-state index in [1.54, 1.807) is 4.90 Å². The summed E-state index contributed by atoms with van der Waals surface area (Å²) >= 11 is 0. The minimum Gasteiger partial charge on any atom is -0.477 e. The minimum atomic E-state index is -1.65. The van der Waals surface area contributed by atoms with Crippen molar-refractivity contribution in [1.82, 2.24) is 4.73 Å². The highest BCUT2D eigenvalue weighted by Gasteiger charge is 2.50. The SMILES string of the molecule is NCC12CN(c3cc4c(cc3F)c(=O)c(C(=O)O)cn4OC(F)C3CC3)C[C@H]1CCO2. The molecule has 2 aliphatic heterocycles. The first-order valence-electron chi connectivity index (χ1n) is 10.4. The van der Waals surface area contributed by atoms with Gasteiger partial charge in [0.1, 0.15) is 17.0 Å². The molecule has 3 atom stereocenters. The normalized spacial score (nSPS) is 26.3. The number of carbonyl (C=O) groups is 1. The van der Waals surface area contributed by atoms with E-state index in [1.165, 1.54) is 6.07 Å². The number of rotatable bonds is 6. The van der Waals surface area contributed by atoms with Crippen LogP contribution in [0, 0.1) is 17.7 Å². The number of alkyl halides is 1. The maximum absolute atomic E-state index is 15.1. The molecule has 1 aliphatic carbocycles. The van der Waals surface area contributed by atoms with Crippen molar-refractivity contribution >= 4 is 22.6 Å². The molecule has 0 radical (unpaired) electrons. The van der Waals surface area contributed by atoms with Gasteiger partial charge in [-0.1, -0.05) is 0 Å². The van der Waals surface area contributed by atoms with Crippen LogP contribution in [0.3, 0.4) is 0 Å². The van der Waals surface area contributed by atoms with Gasteiger partial charge in [-0.15, -0.1) is 0 Å². The summed E-state index contributed by atoms with van der Waals surface area (Å²) in [5.74, 6) is -2.29. The van der Waals surface area contributed by atoms with E-state index in [0.717, 1.165) is 23.4 Å². The number of nitrogens with two attached hydrogens (primary N) is 1. The van der Waals surface area contributed by atoms with Gasteiger partial charge in [0.2, 0.25) is 5.43 Å². The lowest BCUT2D eigenvalue weighted by Crippen LogP contribution is -2.44. The highest BCUT2D eigenvalue weighted by molar-refractivity contribution is 5.93. The lowest BCUT2D eigenvalue weighted by Gasteiger charge is -2.27. The highest BCUT2D eigenvalue weighted by atomic mass is 19.1. The van der Waals surface area contributed by atoms with Crippen LogP contribution in [0.1, 0.15) is 29.6 Å². The number of halogens is 2. The topological polar surface area (TPSA) is 107 Å². The fourth-order valence-electron chi connectivity index (χ4n) is 4.69. The molecule has 1 saturated carbocycles. The van der Waals surface area contributed by atoms with Gasteiger partial charge in [-0.25, -0.2) is 9.18 Å². The van der Waals surface area contributed by atoms with Crippen molar-refractivity contribution in [2.75, 3.05) is 31.1 Å². The van der Waals surface area contributed by atoms with E-state index in [4.69, 9.17) is 15.3 Å². The zero-order valence-corrected chi connectivity index (χ0v) is 16.7. The number of benzene rings is 1. The summed E-state index contributed by atoms with van der Waals surface area (Å²) in [6.45, 7) is 1.85. The Morgan fingerprint density at radius 2 is 2.16 bits per heavy atom. The minimum absolute atomic E-state index is 0.106. The second-order valence-corrected chi connectivity index (χ2v) is 8.60. The summed E-state index contributed by atoms with van der Waals surface area (Å²) in [4.78, 5) is 31.3. The number of carboxylic acid groups (broad SMARTS) is 1. The largest absolute Gasteiger partial charge is 0.477 e. The van der Waals surface area contributed by atoms with Crippen LogP contribution in [0.15, 0.2) is 23.1 Å². The van der Waals surface area contributed by atoms with Crippen LogP contribution in [0.2, 0.25) is 0 Å². The molecular formula is C21H23F2N3O5. The molecule has 2 unspecified atom stereocenters. The quantitative estimate of drug-likeness (QED) is 0.709. The predicted octanol–water partition coefficient (Wildman–Crippen LogP) is 1.53. The smallest absolute Gasteiger partial charge is 0.341 e. The molecule has 0 spiro atoms. The Balaban J connectivity index is 1.61. The molecule has 3 heterocycles. The van der Waals surface area contributed by atoms with Gasteiger partial charge in [-0.05, 0) is 31.4 Å². The van der Waals surface area contributed by atoms with E-state index in [-0.39, 0.29) is 28.4 Å². The molecule has 31 heavy (non-hydrogen) atoms. The third-order valence-corrected chi connectivity index (χ3v) is 6.66. The number of aromatic nitrogens is 1. The average molecular weight is 435 g/mol. The zero-order valence-electron chi connectivity index (χ0n) is 16.7. The van der Waals surface area contributed by atoms with Gasteiger partial charge >= 0.3 is 5.97 Å². The van der Waals surface area contributed by atoms with E-state index in [9.17, 15) is 19.1 Å². The molecule has 2 aromatic rings. The molecule has 1 aromatic carbocycles. The Bertz CT molecular complexity index is 1120. The van der Waals surface area contributed by atoms with Gasteiger partial charge in [-0.2, -0.15) is 9.12 Å². The first-order chi connectivity index (χ1) is 14.8. The van der Waals surface area contributed by atoms with Crippen molar-refractivity contribution in [3.05, 3.63) is 39.9 Å². The van der Waals surface area contributed by atoms with Crippen LogP contribution in [-0.4, -0.2) is 54.0 Å². The third-order valence-electron chi connectivity index (χ3n) is 6.66. The van der Waals surface area contributed by atoms with Gasteiger partial charge in [0.05, 0.1) is 22.8 Å². The fourth-order valence-corrected chi connectivity index (χ4v) is 4.69. The summed E-state index contributed by atoms with van der Waals surface area (Å²) in [6, 6.07) is 2.40. The van der Waals surface area contributed by atoms with Crippen LogP contribution in [0.5, 0.6) is 0 Å². The van der Waals surface area contributed by atoms with Crippen molar-refractivity contribution in [2.24, 2.45) is 17.6 Å². The highest BCUT2D eigenvalue weighted by Crippen LogP contribution is 2.41. The monoisotopic (exact) mass is 435 g/mol. The number of hydrogen-bond acceptors (Lipinski definition) is 6. The van der Waals surface area contributed by atoms with Crippen LogP contribution in [0.4, 0.5) is 14.5 Å². The van der Waals surface area contributed by atoms with E-state index in [2.05, 4.69) is 0 Å². The van der Waals surface area contributed by atoms with E-state index in [1.807, 2.05) is 0 Å². The van der Waals surface area contributed by atoms with Crippen molar-refractivity contribution in [3.63, 3.8) is 0 Å². The molecule has 166 valence electrons. The molecule has 0 bridgehead atoms. The summed E-state index contributed by atoms with van der Waals surface area (Å²) < 4.78 is 36.3. The average Bonchev–Trinajstić information content (AvgIpc) is 3.42. The summed E-state index contributed by atoms with van der Waals surface area (Å²) in [5.41, 5.74) is 4.25.